The maximum absolute atomic E-state index is 12.0. The molecule has 0 spiro atoms. The number of alkyl halides is 2. The molecule has 6 nitrogen and oxygen atoms in total. The molecule has 17 heavy (non-hydrogen) atoms. The predicted octanol–water partition coefficient (Wildman–Crippen LogP) is 1.82. The van der Waals surface area contributed by atoms with Crippen LogP contribution in [-0.2, 0) is 0 Å². The van der Waals surface area contributed by atoms with Crippen LogP contribution in [0.25, 0.3) is 0 Å². The van der Waals surface area contributed by atoms with Gasteiger partial charge in [0.1, 0.15) is 5.75 Å². The Morgan fingerprint density at radius 1 is 1.24 bits per heavy atom. The maximum atomic E-state index is 12.0. The Morgan fingerprint density at radius 2 is 1.82 bits per heavy atom. The monoisotopic (exact) mass is 245 g/mol. The van der Waals surface area contributed by atoms with Crippen molar-refractivity contribution in [2.45, 2.75) is 6.61 Å². The molecular weight excluding hydrogens is 240 g/mol. The normalized spacial score (nSPS) is 10.1. The van der Waals surface area contributed by atoms with Gasteiger partial charge in [0.25, 0.3) is 5.69 Å². The molecule has 0 aromatic heterocycles. The van der Waals surface area contributed by atoms with Gasteiger partial charge in [-0.25, -0.2) is 0 Å². The average molecular weight is 245 g/mol. The fourth-order valence-corrected chi connectivity index (χ4v) is 1.14. The standard InChI is InChI=1S/C9H5F2NO5/c10-9(11)17-8-2-5(3-13)7(12(15)16)1-6(8)4-14/h1-4,9H. The summed E-state index contributed by atoms with van der Waals surface area (Å²) in [5, 5.41) is 10.5. The van der Waals surface area contributed by atoms with Crippen LogP contribution in [0.1, 0.15) is 20.7 Å². The molecule has 0 fully saturated rings. The summed E-state index contributed by atoms with van der Waals surface area (Å²) in [7, 11) is 0. The molecule has 1 aromatic carbocycles. The third-order valence-corrected chi connectivity index (χ3v) is 1.83. The van der Waals surface area contributed by atoms with Gasteiger partial charge in [0, 0.05) is 6.07 Å². The highest BCUT2D eigenvalue weighted by Crippen LogP contribution is 2.27. The minimum atomic E-state index is -3.20. The van der Waals surface area contributed by atoms with Crippen molar-refractivity contribution in [2.24, 2.45) is 0 Å². The molecule has 0 bridgehead atoms. The second-order valence-corrected chi connectivity index (χ2v) is 2.82. The molecule has 0 aliphatic carbocycles. The topological polar surface area (TPSA) is 86.5 Å². The van der Waals surface area contributed by atoms with Gasteiger partial charge in [-0.1, -0.05) is 0 Å². The van der Waals surface area contributed by atoms with E-state index in [4.69, 9.17) is 0 Å². The van der Waals surface area contributed by atoms with Crippen LogP contribution < -0.4 is 4.74 Å². The third kappa shape index (κ3) is 2.80. The van der Waals surface area contributed by atoms with Crippen molar-refractivity contribution >= 4 is 18.3 Å². The van der Waals surface area contributed by atoms with Crippen molar-refractivity contribution in [3.05, 3.63) is 33.4 Å². The van der Waals surface area contributed by atoms with Crippen LogP contribution in [-0.4, -0.2) is 24.1 Å². The van der Waals surface area contributed by atoms with E-state index in [1.807, 2.05) is 0 Å². The number of nitrogens with zero attached hydrogens (tertiary/aromatic N) is 1. The lowest BCUT2D eigenvalue weighted by Gasteiger charge is -2.07. The quantitative estimate of drug-likeness (QED) is 0.448. The average Bonchev–Trinajstić information content (AvgIpc) is 2.27. The van der Waals surface area contributed by atoms with Crippen LogP contribution in [0, 0.1) is 10.1 Å². The molecule has 1 rings (SSSR count). The highest BCUT2D eigenvalue weighted by Gasteiger charge is 2.20. The number of hydrogen-bond acceptors (Lipinski definition) is 5. The second-order valence-electron chi connectivity index (χ2n) is 2.82. The summed E-state index contributed by atoms with van der Waals surface area (Å²) in [6, 6.07) is 1.43. The Balaban J connectivity index is 3.37. The van der Waals surface area contributed by atoms with Gasteiger partial charge in [-0.2, -0.15) is 8.78 Å². The van der Waals surface area contributed by atoms with Gasteiger partial charge in [-0.05, 0) is 6.07 Å². The van der Waals surface area contributed by atoms with Gasteiger partial charge in [0.05, 0.1) is 16.1 Å². The first kappa shape index (κ1) is 12.7. The summed E-state index contributed by atoms with van der Waals surface area (Å²) in [5.41, 5.74) is -1.53. The molecule has 0 amide bonds. The van der Waals surface area contributed by atoms with Crippen LogP contribution in [0.3, 0.4) is 0 Å². The van der Waals surface area contributed by atoms with E-state index in [9.17, 15) is 28.5 Å². The fourth-order valence-electron chi connectivity index (χ4n) is 1.14. The van der Waals surface area contributed by atoms with Crippen LogP contribution in [0.15, 0.2) is 12.1 Å². The molecule has 0 radical (unpaired) electrons. The van der Waals surface area contributed by atoms with E-state index in [0.717, 1.165) is 6.07 Å². The van der Waals surface area contributed by atoms with Crippen molar-refractivity contribution in [1.82, 2.24) is 0 Å². The van der Waals surface area contributed by atoms with E-state index in [1.54, 1.807) is 0 Å². The lowest BCUT2D eigenvalue weighted by atomic mass is 10.1. The minimum Gasteiger partial charge on any atom is -0.434 e. The van der Waals surface area contributed by atoms with E-state index >= 15 is 0 Å². The summed E-state index contributed by atoms with van der Waals surface area (Å²) in [6.45, 7) is -3.20. The SMILES string of the molecule is O=Cc1cc([N+](=O)[O-])c(C=O)cc1OC(F)F. The van der Waals surface area contributed by atoms with Crippen LogP contribution in [0.5, 0.6) is 5.75 Å². The predicted molar refractivity (Wildman–Crippen MR) is 50.5 cm³/mol. The van der Waals surface area contributed by atoms with Gasteiger partial charge < -0.3 is 4.74 Å². The summed E-state index contributed by atoms with van der Waals surface area (Å²) in [4.78, 5) is 30.7. The second kappa shape index (κ2) is 5.10. The molecule has 0 N–H and O–H groups in total. The van der Waals surface area contributed by atoms with Crippen molar-refractivity contribution in [3.8, 4) is 5.75 Å². The Morgan fingerprint density at radius 3 is 2.24 bits per heavy atom. The summed E-state index contributed by atoms with van der Waals surface area (Å²) in [6.07, 6.45) is 0.240. The highest BCUT2D eigenvalue weighted by molar-refractivity contribution is 5.88. The number of hydrogen-bond donors (Lipinski definition) is 0. The Labute approximate surface area is 92.9 Å². The molecule has 8 heteroatoms. The van der Waals surface area contributed by atoms with Crippen molar-refractivity contribution in [2.75, 3.05) is 0 Å². The first-order chi connectivity index (χ1) is 7.99. The van der Waals surface area contributed by atoms with Crippen molar-refractivity contribution in [3.63, 3.8) is 0 Å². The number of nitro groups is 1. The van der Waals surface area contributed by atoms with E-state index in [-0.39, 0.29) is 12.6 Å². The number of benzene rings is 1. The number of carbonyl (C=O) groups excluding carboxylic acids is 2. The zero-order valence-electron chi connectivity index (χ0n) is 8.13. The van der Waals surface area contributed by atoms with Gasteiger partial charge in [-0.3, -0.25) is 19.7 Å². The maximum Gasteiger partial charge on any atom is 0.387 e. The highest BCUT2D eigenvalue weighted by atomic mass is 19.3. The smallest absolute Gasteiger partial charge is 0.387 e. The molecule has 0 atom stereocenters. The number of ether oxygens (including phenoxy) is 1. The molecule has 0 heterocycles. The first-order valence-corrected chi connectivity index (χ1v) is 4.17. The van der Waals surface area contributed by atoms with Crippen LogP contribution in [0.2, 0.25) is 0 Å². The Bertz CT molecular complexity index is 475. The minimum absolute atomic E-state index is 0.116. The lowest BCUT2D eigenvalue weighted by molar-refractivity contribution is -0.385. The molecular formula is C9H5F2NO5. The van der Waals surface area contributed by atoms with E-state index in [0.29, 0.717) is 6.07 Å². The van der Waals surface area contributed by atoms with E-state index in [1.165, 1.54) is 0 Å². The zero-order chi connectivity index (χ0) is 13.0. The van der Waals surface area contributed by atoms with Crippen molar-refractivity contribution in [1.29, 1.82) is 0 Å². The molecule has 0 aliphatic rings. The largest absolute Gasteiger partial charge is 0.434 e. The van der Waals surface area contributed by atoms with E-state index in [2.05, 4.69) is 4.74 Å². The zero-order valence-corrected chi connectivity index (χ0v) is 8.13. The number of halogens is 2. The molecule has 90 valence electrons. The van der Waals surface area contributed by atoms with Gasteiger partial charge >= 0.3 is 6.61 Å². The third-order valence-electron chi connectivity index (χ3n) is 1.83. The van der Waals surface area contributed by atoms with Gasteiger partial charge in [0.15, 0.2) is 12.6 Å². The number of carbonyl (C=O) groups is 2. The molecule has 0 saturated carbocycles. The fraction of sp³-hybridized carbons (Fsp3) is 0.111. The summed E-state index contributed by atoms with van der Waals surface area (Å²) < 4.78 is 27.9. The number of nitro benzene ring substituents is 1. The molecule has 0 unspecified atom stereocenters. The van der Waals surface area contributed by atoms with Gasteiger partial charge in [-0.15, -0.1) is 0 Å². The Hall–Kier alpha value is -2.38. The Kier molecular flexibility index (Phi) is 3.81. The molecule has 0 saturated heterocycles. The molecule has 1 aromatic rings. The first-order valence-electron chi connectivity index (χ1n) is 4.17. The molecule has 0 aliphatic heterocycles. The van der Waals surface area contributed by atoms with E-state index < -0.39 is 34.1 Å². The summed E-state index contributed by atoms with van der Waals surface area (Å²) >= 11 is 0. The summed E-state index contributed by atoms with van der Waals surface area (Å²) in [5.74, 6) is -0.581. The van der Waals surface area contributed by atoms with Crippen molar-refractivity contribution < 1.29 is 28.0 Å². The number of rotatable bonds is 5. The van der Waals surface area contributed by atoms with Crippen LogP contribution >= 0.6 is 0 Å². The van der Waals surface area contributed by atoms with Gasteiger partial charge in [0.2, 0.25) is 0 Å². The van der Waals surface area contributed by atoms with Crippen LogP contribution in [0.4, 0.5) is 14.5 Å². The number of aldehydes is 2. The lowest BCUT2D eigenvalue weighted by Crippen LogP contribution is -2.06.